The highest BCUT2D eigenvalue weighted by atomic mass is 16.3. The molecule has 0 spiro atoms. The molecule has 100 valence electrons. The lowest BCUT2D eigenvalue weighted by Crippen LogP contribution is -2.43. The molecule has 2 fully saturated rings. The van der Waals surface area contributed by atoms with Gasteiger partial charge in [0.25, 0.3) is 0 Å². The van der Waals surface area contributed by atoms with E-state index < -0.39 is 5.60 Å². The number of hydrogen-bond acceptors (Lipinski definition) is 3. The van der Waals surface area contributed by atoms with Gasteiger partial charge in [-0.3, -0.25) is 4.90 Å². The molecule has 2 N–H and O–H groups in total. The second kappa shape index (κ2) is 5.25. The molecule has 1 aliphatic carbocycles. The molecular weight excluding hydrogens is 212 g/mol. The van der Waals surface area contributed by atoms with Gasteiger partial charge in [0.2, 0.25) is 0 Å². The summed E-state index contributed by atoms with van der Waals surface area (Å²) < 4.78 is 0. The molecule has 0 aromatic rings. The molecular formula is C14H28N2O. The molecule has 1 heterocycles. The van der Waals surface area contributed by atoms with Gasteiger partial charge in [-0.2, -0.15) is 0 Å². The summed E-state index contributed by atoms with van der Waals surface area (Å²) in [4.78, 5) is 2.47. The predicted molar refractivity (Wildman–Crippen MR) is 71.1 cm³/mol. The van der Waals surface area contributed by atoms with Crippen molar-refractivity contribution in [2.45, 2.75) is 51.6 Å². The Morgan fingerprint density at radius 1 is 1.24 bits per heavy atom. The molecule has 1 saturated carbocycles. The zero-order valence-corrected chi connectivity index (χ0v) is 11.5. The normalized spacial score (nSPS) is 33.4. The molecule has 1 atom stereocenters. The van der Waals surface area contributed by atoms with Crippen LogP contribution in [0, 0.1) is 5.41 Å². The van der Waals surface area contributed by atoms with E-state index in [0.717, 1.165) is 32.6 Å². The molecule has 2 aliphatic rings. The number of β-amino-alcohol motifs (C(OH)–C–C–N with tert-alkyl or cyclic N) is 1. The van der Waals surface area contributed by atoms with Gasteiger partial charge in [0.05, 0.1) is 5.60 Å². The van der Waals surface area contributed by atoms with Crippen LogP contribution in [0.15, 0.2) is 0 Å². The van der Waals surface area contributed by atoms with Crippen molar-refractivity contribution in [3.05, 3.63) is 0 Å². The van der Waals surface area contributed by atoms with Crippen LogP contribution in [0.25, 0.3) is 0 Å². The Balaban J connectivity index is 1.89. The summed E-state index contributed by atoms with van der Waals surface area (Å²) in [5.74, 6) is 0. The molecule has 3 heteroatoms. The van der Waals surface area contributed by atoms with Gasteiger partial charge in [-0.15, -0.1) is 0 Å². The largest absolute Gasteiger partial charge is 0.389 e. The Morgan fingerprint density at radius 3 is 2.47 bits per heavy atom. The van der Waals surface area contributed by atoms with Gasteiger partial charge in [0, 0.05) is 26.2 Å². The van der Waals surface area contributed by atoms with Crippen LogP contribution in [0.2, 0.25) is 0 Å². The first-order chi connectivity index (χ1) is 8.05. The first-order valence-electron chi connectivity index (χ1n) is 7.21. The fourth-order valence-electron chi connectivity index (χ4n) is 3.55. The second-order valence-corrected chi connectivity index (χ2v) is 6.45. The summed E-state index contributed by atoms with van der Waals surface area (Å²) in [6.45, 7) is 9.49. The van der Waals surface area contributed by atoms with Crippen molar-refractivity contribution in [3.8, 4) is 0 Å². The maximum absolute atomic E-state index is 10.0. The van der Waals surface area contributed by atoms with Gasteiger partial charge in [-0.05, 0) is 38.1 Å². The molecule has 0 amide bonds. The van der Waals surface area contributed by atoms with Crippen molar-refractivity contribution in [1.29, 1.82) is 0 Å². The summed E-state index contributed by atoms with van der Waals surface area (Å²) in [5.41, 5.74) is 0.0361. The number of nitrogens with one attached hydrogen (secondary N) is 1. The van der Waals surface area contributed by atoms with E-state index in [2.05, 4.69) is 17.1 Å². The van der Waals surface area contributed by atoms with Crippen LogP contribution >= 0.6 is 0 Å². The molecule has 0 bridgehead atoms. The molecule has 2 rings (SSSR count). The van der Waals surface area contributed by atoms with E-state index in [0.29, 0.717) is 5.41 Å². The van der Waals surface area contributed by atoms with E-state index in [1.54, 1.807) is 0 Å². The number of hydrogen-bond donors (Lipinski definition) is 2. The highest BCUT2D eigenvalue weighted by molar-refractivity contribution is 4.94. The summed E-state index contributed by atoms with van der Waals surface area (Å²) >= 11 is 0. The van der Waals surface area contributed by atoms with Crippen molar-refractivity contribution >= 4 is 0 Å². The van der Waals surface area contributed by atoms with Crippen LogP contribution in [0.5, 0.6) is 0 Å². The standard InChI is InChI=1S/C14H28N2O/c1-3-15-10-14(6-4-5-7-14)12-16-9-8-13(2,17)11-16/h15,17H,3-12H2,1-2H3. The summed E-state index contributed by atoms with van der Waals surface area (Å²) in [7, 11) is 0. The third-order valence-corrected chi connectivity index (χ3v) is 4.50. The van der Waals surface area contributed by atoms with Crippen LogP contribution in [-0.4, -0.2) is 48.3 Å². The monoisotopic (exact) mass is 240 g/mol. The Morgan fingerprint density at radius 2 is 1.94 bits per heavy atom. The van der Waals surface area contributed by atoms with Crippen molar-refractivity contribution in [3.63, 3.8) is 0 Å². The average molecular weight is 240 g/mol. The van der Waals surface area contributed by atoms with Crippen molar-refractivity contribution in [2.24, 2.45) is 5.41 Å². The van der Waals surface area contributed by atoms with E-state index in [9.17, 15) is 5.11 Å². The number of likely N-dealkylation sites (tertiary alicyclic amines) is 1. The van der Waals surface area contributed by atoms with Crippen LogP contribution in [0.4, 0.5) is 0 Å². The maximum Gasteiger partial charge on any atom is 0.0758 e. The third-order valence-electron chi connectivity index (χ3n) is 4.50. The van der Waals surface area contributed by atoms with Gasteiger partial charge < -0.3 is 10.4 Å². The molecule has 17 heavy (non-hydrogen) atoms. The Hall–Kier alpha value is -0.120. The minimum absolute atomic E-state index is 0.446. The predicted octanol–water partition coefficient (Wildman–Crippen LogP) is 1.61. The van der Waals surface area contributed by atoms with E-state index in [1.807, 2.05) is 6.92 Å². The van der Waals surface area contributed by atoms with Gasteiger partial charge in [0.1, 0.15) is 0 Å². The van der Waals surface area contributed by atoms with E-state index in [-0.39, 0.29) is 0 Å². The molecule has 0 radical (unpaired) electrons. The quantitative estimate of drug-likeness (QED) is 0.766. The lowest BCUT2D eigenvalue weighted by Gasteiger charge is -2.34. The number of aliphatic hydroxyl groups is 1. The first kappa shape index (κ1) is 13.3. The van der Waals surface area contributed by atoms with E-state index in [1.165, 1.54) is 32.2 Å². The third kappa shape index (κ3) is 3.43. The summed E-state index contributed by atoms with van der Waals surface area (Å²) in [6.07, 6.45) is 6.42. The van der Waals surface area contributed by atoms with Crippen LogP contribution in [0.1, 0.15) is 46.0 Å². The van der Waals surface area contributed by atoms with Gasteiger partial charge >= 0.3 is 0 Å². The zero-order chi connectivity index (χ0) is 12.4. The molecule has 3 nitrogen and oxygen atoms in total. The minimum Gasteiger partial charge on any atom is -0.389 e. The minimum atomic E-state index is -0.446. The van der Waals surface area contributed by atoms with Crippen LogP contribution in [0.3, 0.4) is 0 Å². The highest BCUT2D eigenvalue weighted by Crippen LogP contribution is 2.39. The van der Waals surface area contributed by atoms with Gasteiger partial charge in [-0.1, -0.05) is 19.8 Å². The molecule has 0 aromatic carbocycles. The highest BCUT2D eigenvalue weighted by Gasteiger charge is 2.39. The van der Waals surface area contributed by atoms with Crippen molar-refractivity contribution in [2.75, 3.05) is 32.7 Å². The van der Waals surface area contributed by atoms with Crippen molar-refractivity contribution < 1.29 is 5.11 Å². The SMILES string of the molecule is CCNCC1(CN2CCC(C)(O)C2)CCCC1. The molecule has 1 unspecified atom stereocenters. The topological polar surface area (TPSA) is 35.5 Å². The average Bonchev–Trinajstić information content (AvgIpc) is 2.84. The Kier molecular flexibility index (Phi) is 4.11. The maximum atomic E-state index is 10.0. The summed E-state index contributed by atoms with van der Waals surface area (Å²) in [5, 5.41) is 13.6. The van der Waals surface area contributed by atoms with Gasteiger partial charge in [0.15, 0.2) is 0 Å². The van der Waals surface area contributed by atoms with Gasteiger partial charge in [-0.25, -0.2) is 0 Å². The first-order valence-corrected chi connectivity index (χ1v) is 7.21. The Bertz CT molecular complexity index is 247. The molecule has 0 aromatic heterocycles. The van der Waals surface area contributed by atoms with E-state index in [4.69, 9.17) is 0 Å². The fourth-order valence-corrected chi connectivity index (χ4v) is 3.55. The Labute approximate surface area is 106 Å². The fraction of sp³-hybridized carbons (Fsp3) is 1.00. The van der Waals surface area contributed by atoms with Crippen LogP contribution in [-0.2, 0) is 0 Å². The molecule has 1 saturated heterocycles. The van der Waals surface area contributed by atoms with E-state index >= 15 is 0 Å². The second-order valence-electron chi connectivity index (χ2n) is 6.45. The lowest BCUT2D eigenvalue weighted by molar-refractivity contribution is 0.0608. The smallest absolute Gasteiger partial charge is 0.0758 e. The lowest BCUT2D eigenvalue weighted by atomic mass is 9.85. The summed E-state index contributed by atoms with van der Waals surface area (Å²) in [6, 6.07) is 0. The molecule has 1 aliphatic heterocycles. The zero-order valence-electron chi connectivity index (χ0n) is 11.5. The van der Waals surface area contributed by atoms with Crippen LogP contribution < -0.4 is 5.32 Å². The van der Waals surface area contributed by atoms with Crippen molar-refractivity contribution in [1.82, 2.24) is 10.2 Å². The number of nitrogens with zero attached hydrogens (tertiary/aromatic N) is 1. The number of rotatable bonds is 5.